The number of hydrogen-bond donors (Lipinski definition) is 1. The van der Waals surface area contributed by atoms with Crippen LogP contribution in [0, 0.1) is 19.7 Å². The molecule has 0 amide bonds. The van der Waals surface area contributed by atoms with Crippen molar-refractivity contribution in [2.24, 2.45) is 0 Å². The summed E-state index contributed by atoms with van der Waals surface area (Å²) in [6, 6.07) is 11.0. The summed E-state index contributed by atoms with van der Waals surface area (Å²) in [5.74, 6) is -0.363. The maximum Gasteiger partial charge on any atom is 0.146 e. The Labute approximate surface area is 94.7 Å². The topological polar surface area (TPSA) is 26.0 Å². The van der Waals surface area contributed by atoms with Gasteiger partial charge in [0.2, 0.25) is 0 Å². The molecular formula is C14H14FN. The van der Waals surface area contributed by atoms with Crippen LogP contribution in [-0.4, -0.2) is 0 Å². The molecule has 2 heteroatoms. The molecule has 2 aromatic rings. The Morgan fingerprint density at radius 1 is 1.00 bits per heavy atom. The predicted molar refractivity (Wildman–Crippen MR) is 65.7 cm³/mol. The first-order chi connectivity index (χ1) is 7.58. The highest BCUT2D eigenvalue weighted by atomic mass is 19.1. The van der Waals surface area contributed by atoms with E-state index >= 15 is 0 Å². The van der Waals surface area contributed by atoms with Crippen LogP contribution in [0.2, 0.25) is 0 Å². The van der Waals surface area contributed by atoms with Crippen molar-refractivity contribution in [3.05, 3.63) is 53.3 Å². The number of rotatable bonds is 1. The molecule has 0 unspecified atom stereocenters. The van der Waals surface area contributed by atoms with Crippen molar-refractivity contribution in [1.82, 2.24) is 0 Å². The number of aryl methyl sites for hydroxylation is 2. The molecule has 0 aliphatic rings. The van der Waals surface area contributed by atoms with Gasteiger partial charge in [-0.05, 0) is 42.7 Å². The van der Waals surface area contributed by atoms with Gasteiger partial charge in [0.25, 0.3) is 0 Å². The second-order valence-electron chi connectivity index (χ2n) is 4.05. The van der Waals surface area contributed by atoms with E-state index in [1.54, 1.807) is 6.07 Å². The van der Waals surface area contributed by atoms with Gasteiger partial charge in [0.15, 0.2) is 0 Å². The van der Waals surface area contributed by atoms with Crippen molar-refractivity contribution in [3.63, 3.8) is 0 Å². The average molecular weight is 215 g/mol. The fraction of sp³-hybridized carbons (Fsp3) is 0.143. The molecule has 0 spiro atoms. The monoisotopic (exact) mass is 215 g/mol. The molecule has 1 nitrogen and oxygen atoms in total. The highest BCUT2D eigenvalue weighted by molar-refractivity contribution is 5.69. The van der Waals surface area contributed by atoms with Gasteiger partial charge in [0.1, 0.15) is 5.82 Å². The molecule has 2 rings (SSSR count). The molecule has 0 heterocycles. The van der Waals surface area contributed by atoms with Gasteiger partial charge in [-0.3, -0.25) is 0 Å². The summed E-state index contributed by atoms with van der Waals surface area (Å²) in [7, 11) is 0. The van der Waals surface area contributed by atoms with E-state index in [0.717, 1.165) is 16.7 Å². The SMILES string of the molecule is Cc1ccc(-c2ccc(N)c(F)c2)c(C)c1. The van der Waals surface area contributed by atoms with E-state index in [-0.39, 0.29) is 11.5 Å². The summed E-state index contributed by atoms with van der Waals surface area (Å²) in [5.41, 5.74) is 9.90. The first kappa shape index (κ1) is 10.7. The molecule has 0 saturated heterocycles. The van der Waals surface area contributed by atoms with Crippen LogP contribution in [-0.2, 0) is 0 Å². The number of anilines is 1. The van der Waals surface area contributed by atoms with E-state index in [2.05, 4.69) is 6.07 Å². The van der Waals surface area contributed by atoms with Gasteiger partial charge in [0.05, 0.1) is 5.69 Å². The minimum atomic E-state index is -0.363. The van der Waals surface area contributed by atoms with Gasteiger partial charge in [-0.1, -0.05) is 29.8 Å². The second-order valence-corrected chi connectivity index (χ2v) is 4.05. The molecular weight excluding hydrogens is 201 g/mol. The van der Waals surface area contributed by atoms with Crippen LogP contribution >= 0.6 is 0 Å². The van der Waals surface area contributed by atoms with E-state index in [9.17, 15) is 4.39 Å². The van der Waals surface area contributed by atoms with Gasteiger partial charge in [0, 0.05) is 0 Å². The highest BCUT2D eigenvalue weighted by Gasteiger charge is 2.05. The normalized spacial score (nSPS) is 10.4. The van der Waals surface area contributed by atoms with Crippen LogP contribution in [0.4, 0.5) is 10.1 Å². The van der Waals surface area contributed by atoms with Crippen molar-refractivity contribution >= 4 is 5.69 Å². The Kier molecular flexibility index (Phi) is 2.65. The zero-order valence-corrected chi connectivity index (χ0v) is 9.42. The zero-order valence-electron chi connectivity index (χ0n) is 9.42. The molecule has 0 radical (unpaired) electrons. The molecule has 0 aliphatic heterocycles. The van der Waals surface area contributed by atoms with Gasteiger partial charge >= 0.3 is 0 Å². The third-order valence-corrected chi connectivity index (χ3v) is 2.69. The second kappa shape index (κ2) is 3.97. The summed E-state index contributed by atoms with van der Waals surface area (Å²) >= 11 is 0. The van der Waals surface area contributed by atoms with Crippen LogP contribution in [0.25, 0.3) is 11.1 Å². The summed E-state index contributed by atoms with van der Waals surface area (Å²) in [6.07, 6.45) is 0. The van der Waals surface area contributed by atoms with Crippen molar-refractivity contribution < 1.29 is 4.39 Å². The molecule has 0 bridgehead atoms. The number of benzene rings is 2. The predicted octanol–water partition coefficient (Wildman–Crippen LogP) is 3.69. The molecule has 2 N–H and O–H groups in total. The van der Waals surface area contributed by atoms with E-state index < -0.39 is 0 Å². The van der Waals surface area contributed by atoms with Gasteiger partial charge in [-0.15, -0.1) is 0 Å². The third kappa shape index (κ3) is 1.91. The molecule has 0 aromatic heterocycles. The number of hydrogen-bond acceptors (Lipinski definition) is 1. The Morgan fingerprint density at radius 2 is 1.75 bits per heavy atom. The lowest BCUT2D eigenvalue weighted by molar-refractivity contribution is 0.633. The van der Waals surface area contributed by atoms with Crippen molar-refractivity contribution in [2.75, 3.05) is 5.73 Å². The van der Waals surface area contributed by atoms with Crippen LogP contribution in [0.5, 0.6) is 0 Å². The molecule has 0 atom stereocenters. The lowest BCUT2D eigenvalue weighted by Gasteiger charge is -2.08. The highest BCUT2D eigenvalue weighted by Crippen LogP contribution is 2.26. The Morgan fingerprint density at radius 3 is 2.38 bits per heavy atom. The fourth-order valence-electron chi connectivity index (χ4n) is 1.83. The van der Waals surface area contributed by atoms with Gasteiger partial charge < -0.3 is 5.73 Å². The van der Waals surface area contributed by atoms with E-state index in [0.29, 0.717) is 0 Å². The molecule has 0 fully saturated rings. The Bertz CT molecular complexity index is 532. The first-order valence-corrected chi connectivity index (χ1v) is 5.20. The largest absolute Gasteiger partial charge is 0.396 e. The van der Waals surface area contributed by atoms with Crippen LogP contribution in [0.15, 0.2) is 36.4 Å². The Hall–Kier alpha value is -1.83. The summed E-state index contributed by atoms with van der Waals surface area (Å²) in [4.78, 5) is 0. The third-order valence-electron chi connectivity index (χ3n) is 2.69. The number of halogens is 1. The molecule has 82 valence electrons. The molecule has 0 saturated carbocycles. The number of nitrogens with two attached hydrogens (primary N) is 1. The first-order valence-electron chi connectivity index (χ1n) is 5.20. The lowest BCUT2D eigenvalue weighted by Crippen LogP contribution is -1.91. The quantitative estimate of drug-likeness (QED) is 0.721. The summed E-state index contributed by atoms with van der Waals surface area (Å²) in [6.45, 7) is 4.07. The number of nitrogen functional groups attached to an aromatic ring is 1. The molecule has 16 heavy (non-hydrogen) atoms. The van der Waals surface area contributed by atoms with E-state index in [1.165, 1.54) is 11.6 Å². The smallest absolute Gasteiger partial charge is 0.146 e. The van der Waals surface area contributed by atoms with Gasteiger partial charge in [-0.25, -0.2) is 4.39 Å². The minimum Gasteiger partial charge on any atom is -0.396 e. The van der Waals surface area contributed by atoms with Crippen molar-refractivity contribution in [3.8, 4) is 11.1 Å². The lowest BCUT2D eigenvalue weighted by atomic mass is 9.98. The fourth-order valence-corrected chi connectivity index (χ4v) is 1.83. The van der Waals surface area contributed by atoms with Crippen molar-refractivity contribution in [2.45, 2.75) is 13.8 Å². The zero-order chi connectivity index (χ0) is 11.7. The molecule has 2 aromatic carbocycles. The average Bonchev–Trinajstić information content (AvgIpc) is 2.22. The Balaban J connectivity index is 2.54. The van der Waals surface area contributed by atoms with Crippen LogP contribution in [0.3, 0.4) is 0 Å². The molecule has 0 aliphatic carbocycles. The minimum absolute atomic E-state index is 0.188. The standard InChI is InChI=1S/C14H14FN/c1-9-3-5-12(10(2)7-9)11-4-6-14(16)13(15)8-11/h3-8H,16H2,1-2H3. The maximum absolute atomic E-state index is 13.4. The van der Waals surface area contributed by atoms with E-state index in [4.69, 9.17) is 5.73 Å². The van der Waals surface area contributed by atoms with Crippen molar-refractivity contribution in [1.29, 1.82) is 0 Å². The summed E-state index contributed by atoms with van der Waals surface area (Å²) in [5, 5.41) is 0. The van der Waals surface area contributed by atoms with Gasteiger partial charge in [-0.2, -0.15) is 0 Å². The maximum atomic E-state index is 13.4. The van der Waals surface area contributed by atoms with E-state index in [1.807, 2.05) is 32.0 Å². The van der Waals surface area contributed by atoms with Crippen LogP contribution in [0.1, 0.15) is 11.1 Å². The van der Waals surface area contributed by atoms with Crippen LogP contribution < -0.4 is 5.73 Å². The summed E-state index contributed by atoms with van der Waals surface area (Å²) < 4.78 is 13.4.